The highest BCUT2D eigenvalue weighted by atomic mass is 16.1. The summed E-state index contributed by atoms with van der Waals surface area (Å²) < 4.78 is 0. The summed E-state index contributed by atoms with van der Waals surface area (Å²) in [6, 6.07) is 0. The van der Waals surface area contributed by atoms with Crippen molar-refractivity contribution < 1.29 is 4.79 Å². The van der Waals surface area contributed by atoms with Crippen LogP contribution >= 0.6 is 0 Å². The van der Waals surface area contributed by atoms with Crippen LogP contribution in [0, 0.1) is 5.41 Å². The summed E-state index contributed by atoms with van der Waals surface area (Å²) in [5, 5.41) is 0. The molecule has 2 nitrogen and oxygen atoms in total. The Morgan fingerprint density at radius 3 is 2.43 bits per heavy atom. The maximum Gasteiger partial charge on any atom is 0.143 e. The summed E-state index contributed by atoms with van der Waals surface area (Å²) in [5.74, 6) is 0.313. The van der Waals surface area contributed by atoms with Gasteiger partial charge in [0.05, 0.1) is 6.54 Å². The fraction of sp³-hybridized carbons (Fsp3) is 0.917. The Kier molecular flexibility index (Phi) is 4.11. The van der Waals surface area contributed by atoms with Crippen LogP contribution in [-0.4, -0.2) is 30.3 Å². The van der Waals surface area contributed by atoms with Crippen molar-refractivity contribution in [3.63, 3.8) is 0 Å². The normalized spacial score (nSPS) is 23.9. The summed E-state index contributed by atoms with van der Waals surface area (Å²) in [7, 11) is 0. The number of ketones is 1. The molecule has 0 atom stereocenters. The van der Waals surface area contributed by atoms with Gasteiger partial charge < -0.3 is 0 Å². The number of carbonyl (C=O) groups is 1. The molecule has 1 saturated carbocycles. The first-order chi connectivity index (χ1) is 6.70. The van der Waals surface area contributed by atoms with Crippen LogP contribution in [0.3, 0.4) is 0 Å². The van der Waals surface area contributed by atoms with Crippen LogP contribution in [0.15, 0.2) is 0 Å². The third-order valence-electron chi connectivity index (χ3n) is 3.14. The van der Waals surface area contributed by atoms with Gasteiger partial charge in [-0.15, -0.1) is 0 Å². The van der Waals surface area contributed by atoms with Crippen LogP contribution in [0.1, 0.15) is 46.5 Å². The molecule has 1 aliphatic heterocycles. The van der Waals surface area contributed by atoms with Crippen LogP contribution in [0.2, 0.25) is 0 Å². The lowest BCUT2D eigenvalue weighted by atomic mass is 9.95. The molecule has 0 bridgehead atoms. The number of nitrogens with zero attached hydrogens (tertiary/aromatic N) is 1. The van der Waals surface area contributed by atoms with E-state index in [1.165, 1.54) is 32.2 Å². The highest BCUT2D eigenvalue weighted by Gasteiger charge is 2.45. The van der Waals surface area contributed by atoms with Crippen LogP contribution in [0.5, 0.6) is 0 Å². The van der Waals surface area contributed by atoms with Crippen molar-refractivity contribution in [2.45, 2.75) is 46.5 Å². The van der Waals surface area contributed by atoms with Crippen molar-refractivity contribution in [2.75, 3.05) is 19.6 Å². The van der Waals surface area contributed by atoms with E-state index in [1.54, 1.807) is 6.92 Å². The van der Waals surface area contributed by atoms with Crippen molar-refractivity contribution in [1.29, 1.82) is 0 Å². The van der Waals surface area contributed by atoms with E-state index in [9.17, 15) is 4.79 Å². The maximum atomic E-state index is 10.9. The highest BCUT2D eigenvalue weighted by molar-refractivity contribution is 5.77. The minimum atomic E-state index is 0.313. The SMILES string of the molecule is CC.CC(=O)CN1CCCC2(CC2)C1. The first-order valence-electron chi connectivity index (χ1n) is 5.92. The van der Waals surface area contributed by atoms with Gasteiger partial charge in [0.25, 0.3) is 0 Å². The molecule has 2 aliphatic rings. The lowest BCUT2D eigenvalue weighted by Crippen LogP contribution is -2.39. The molecule has 1 saturated heterocycles. The standard InChI is InChI=1S/C10H17NO.C2H6/c1-9(12)7-11-6-2-3-10(8-11)4-5-10;1-2/h2-8H2,1H3;1-2H3. The van der Waals surface area contributed by atoms with Gasteiger partial charge >= 0.3 is 0 Å². The van der Waals surface area contributed by atoms with Gasteiger partial charge in [0.15, 0.2) is 0 Å². The number of hydrogen-bond acceptors (Lipinski definition) is 2. The monoisotopic (exact) mass is 197 g/mol. The Labute approximate surface area is 87.7 Å². The molecule has 0 radical (unpaired) electrons. The van der Waals surface area contributed by atoms with Gasteiger partial charge in [0.2, 0.25) is 0 Å². The van der Waals surface area contributed by atoms with Crippen LogP contribution in [-0.2, 0) is 4.79 Å². The molecule has 2 heteroatoms. The molecule has 0 N–H and O–H groups in total. The summed E-state index contributed by atoms with van der Waals surface area (Å²) in [4.78, 5) is 13.2. The fourth-order valence-corrected chi connectivity index (χ4v) is 2.34. The van der Waals surface area contributed by atoms with Gasteiger partial charge in [-0.1, -0.05) is 13.8 Å². The Bertz CT molecular complexity index is 196. The molecule has 0 amide bonds. The number of Topliss-reactive ketones (excluding diaryl/α,β-unsaturated/α-hetero) is 1. The zero-order chi connectivity index (χ0) is 10.6. The zero-order valence-corrected chi connectivity index (χ0v) is 9.81. The molecule has 2 rings (SSSR count). The molecule has 0 unspecified atom stereocenters. The fourth-order valence-electron chi connectivity index (χ4n) is 2.34. The van der Waals surface area contributed by atoms with E-state index >= 15 is 0 Å². The molecule has 82 valence electrons. The van der Waals surface area contributed by atoms with E-state index in [1.807, 2.05) is 13.8 Å². The lowest BCUT2D eigenvalue weighted by molar-refractivity contribution is -0.118. The summed E-state index contributed by atoms with van der Waals surface area (Å²) >= 11 is 0. The third-order valence-corrected chi connectivity index (χ3v) is 3.14. The van der Waals surface area contributed by atoms with E-state index in [4.69, 9.17) is 0 Å². The Morgan fingerprint density at radius 1 is 1.29 bits per heavy atom. The minimum absolute atomic E-state index is 0.313. The molecule has 0 aromatic heterocycles. The van der Waals surface area contributed by atoms with Crippen molar-refractivity contribution in [2.24, 2.45) is 5.41 Å². The molecule has 0 aromatic rings. The second-order valence-electron chi connectivity index (χ2n) is 4.52. The quantitative estimate of drug-likeness (QED) is 0.678. The van der Waals surface area contributed by atoms with E-state index in [0.29, 0.717) is 17.7 Å². The topological polar surface area (TPSA) is 20.3 Å². The predicted molar refractivity (Wildman–Crippen MR) is 59.4 cm³/mol. The molecule has 14 heavy (non-hydrogen) atoms. The van der Waals surface area contributed by atoms with E-state index in [0.717, 1.165) is 6.54 Å². The van der Waals surface area contributed by atoms with Crippen molar-refractivity contribution >= 4 is 5.78 Å². The Hall–Kier alpha value is -0.370. The van der Waals surface area contributed by atoms with Gasteiger partial charge in [-0.3, -0.25) is 9.69 Å². The van der Waals surface area contributed by atoms with E-state index in [2.05, 4.69) is 4.90 Å². The number of carbonyl (C=O) groups excluding carboxylic acids is 1. The van der Waals surface area contributed by atoms with Gasteiger partial charge in [0, 0.05) is 6.54 Å². The predicted octanol–water partition coefficient (Wildman–Crippen LogP) is 2.48. The Balaban J connectivity index is 0.000000461. The zero-order valence-electron chi connectivity index (χ0n) is 9.81. The molecule has 0 aromatic carbocycles. The molecular weight excluding hydrogens is 174 g/mol. The van der Waals surface area contributed by atoms with Crippen molar-refractivity contribution in [1.82, 2.24) is 4.90 Å². The smallest absolute Gasteiger partial charge is 0.143 e. The largest absolute Gasteiger partial charge is 0.299 e. The molecule has 1 spiro atoms. The molecule has 1 aliphatic carbocycles. The summed E-state index contributed by atoms with van der Waals surface area (Å²) in [6.45, 7) is 8.70. The van der Waals surface area contributed by atoms with Gasteiger partial charge in [-0.2, -0.15) is 0 Å². The number of likely N-dealkylation sites (tertiary alicyclic amines) is 1. The highest BCUT2D eigenvalue weighted by Crippen LogP contribution is 2.51. The van der Waals surface area contributed by atoms with Crippen LogP contribution in [0.25, 0.3) is 0 Å². The number of hydrogen-bond donors (Lipinski definition) is 0. The summed E-state index contributed by atoms with van der Waals surface area (Å²) in [6.07, 6.45) is 5.51. The van der Waals surface area contributed by atoms with E-state index < -0.39 is 0 Å². The first-order valence-corrected chi connectivity index (χ1v) is 5.92. The molecular formula is C12H23NO. The second kappa shape index (κ2) is 4.92. The Morgan fingerprint density at radius 2 is 1.93 bits per heavy atom. The number of rotatable bonds is 2. The van der Waals surface area contributed by atoms with Gasteiger partial charge in [0.1, 0.15) is 5.78 Å². The average molecular weight is 197 g/mol. The van der Waals surface area contributed by atoms with Crippen molar-refractivity contribution in [3.05, 3.63) is 0 Å². The first kappa shape index (κ1) is 11.7. The van der Waals surface area contributed by atoms with Crippen molar-refractivity contribution in [3.8, 4) is 0 Å². The molecule has 2 fully saturated rings. The molecule has 1 heterocycles. The second-order valence-corrected chi connectivity index (χ2v) is 4.52. The van der Waals surface area contributed by atoms with E-state index in [-0.39, 0.29) is 0 Å². The third kappa shape index (κ3) is 3.09. The van der Waals surface area contributed by atoms with Crippen LogP contribution < -0.4 is 0 Å². The van der Waals surface area contributed by atoms with Gasteiger partial charge in [-0.25, -0.2) is 0 Å². The summed E-state index contributed by atoms with van der Waals surface area (Å²) in [5.41, 5.74) is 0.660. The average Bonchev–Trinajstić information content (AvgIpc) is 2.87. The maximum absolute atomic E-state index is 10.9. The minimum Gasteiger partial charge on any atom is -0.299 e. The lowest BCUT2D eigenvalue weighted by Gasteiger charge is -2.31. The van der Waals surface area contributed by atoms with Crippen LogP contribution in [0.4, 0.5) is 0 Å². The number of piperidine rings is 1. The van der Waals surface area contributed by atoms with Gasteiger partial charge in [-0.05, 0) is 44.6 Å².